The van der Waals surface area contributed by atoms with Crippen LogP contribution in [0, 0.1) is 6.92 Å². The number of carbonyl (C=O) groups is 2. The number of aliphatic hydroxyl groups excluding tert-OH is 1. The predicted molar refractivity (Wildman–Crippen MR) is 71.9 cm³/mol. The lowest BCUT2D eigenvalue weighted by Gasteiger charge is -2.14. The molecule has 1 unspecified atom stereocenters. The van der Waals surface area contributed by atoms with Crippen molar-refractivity contribution in [1.29, 1.82) is 0 Å². The summed E-state index contributed by atoms with van der Waals surface area (Å²) >= 11 is 0. The van der Waals surface area contributed by atoms with Crippen LogP contribution >= 0.6 is 0 Å². The maximum absolute atomic E-state index is 12.1. The lowest BCUT2D eigenvalue weighted by molar-refractivity contribution is -0.143. The van der Waals surface area contributed by atoms with E-state index in [1.54, 1.807) is 6.92 Å². The number of aliphatic hydroxyl groups is 1. The van der Waals surface area contributed by atoms with Gasteiger partial charge in [-0.15, -0.1) is 0 Å². The van der Waals surface area contributed by atoms with E-state index in [0.717, 1.165) is 20.0 Å². The van der Waals surface area contributed by atoms with Crippen LogP contribution in [0.1, 0.15) is 40.6 Å². The fourth-order valence-corrected chi connectivity index (χ4v) is 1.98. The van der Waals surface area contributed by atoms with Gasteiger partial charge in [0.1, 0.15) is 11.4 Å². The molecule has 1 aromatic heterocycles. The van der Waals surface area contributed by atoms with Crippen molar-refractivity contribution in [3.05, 3.63) is 27.4 Å². The first-order chi connectivity index (χ1) is 9.97. The molecule has 1 aliphatic carbocycles. The predicted octanol–water partition coefficient (Wildman–Crippen LogP) is -0.781. The van der Waals surface area contributed by atoms with Gasteiger partial charge in [0.2, 0.25) is 0 Å². The highest BCUT2D eigenvalue weighted by atomic mass is 16.5. The number of ether oxygens (including phenoxy) is 1. The number of rotatable bonds is 5. The summed E-state index contributed by atoms with van der Waals surface area (Å²) in [6, 6.07) is -1.22. The lowest BCUT2D eigenvalue weighted by atomic mass is 10.2. The molecular weight excluding hydrogens is 278 g/mol. The van der Waals surface area contributed by atoms with Gasteiger partial charge >= 0.3 is 5.97 Å². The van der Waals surface area contributed by atoms with E-state index in [0.29, 0.717) is 11.5 Å². The molecule has 1 aliphatic rings. The molecule has 1 aromatic rings. The van der Waals surface area contributed by atoms with Crippen molar-refractivity contribution in [2.24, 2.45) is 0 Å². The summed E-state index contributed by atoms with van der Waals surface area (Å²) in [6.45, 7) is 0.936. The largest absolute Gasteiger partial charge is 0.467 e. The Morgan fingerprint density at radius 2 is 2.19 bits per heavy atom. The second-order valence-electron chi connectivity index (χ2n) is 4.92. The molecule has 1 amide bonds. The molecule has 1 atom stereocenters. The number of amides is 1. The van der Waals surface area contributed by atoms with Crippen molar-refractivity contribution in [3.8, 4) is 0 Å². The third-order valence-electron chi connectivity index (χ3n) is 3.28. The molecular formula is C13H17N3O5. The van der Waals surface area contributed by atoms with Gasteiger partial charge in [-0.3, -0.25) is 9.59 Å². The molecule has 0 saturated heterocycles. The third-order valence-corrected chi connectivity index (χ3v) is 3.28. The van der Waals surface area contributed by atoms with E-state index in [9.17, 15) is 14.4 Å². The SMILES string of the molecule is COC(=O)C(CO)NC(=O)c1c(C)nc(C2CC2)[nH]c1=O. The number of methoxy groups -OCH3 is 1. The Hall–Kier alpha value is -2.22. The van der Waals surface area contributed by atoms with Gasteiger partial charge in [0.25, 0.3) is 11.5 Å². The number of hydrogen-bond donors (Lipinski definition) is 3. The first-order valence-corrected chi connectivity index (χ1v) is 6.58. The van der Waals surface area contributed by atoms with E-state index in [-0.39, 0.29) is 11.5 Å². The van der Waals surface area contributed by atoms with E-state index in [2.05, 4.69) is 20.0 Å². The molecule has 1 saturated carbocycles. The standard InChI is InChI=1S/C13H17N3O5/c1-6-9(11(18)15-8(5-17)13(20)21-2)12(19)16-10(14-6)7-3-4-7/h7-8,17H,3-5H2,1-2H3,(H,15,18)(H,14,16,19). The van der Waals surface area contributed by atoms with Crippen molar-refractivity contribution in [2.75, 3.05) is 13.7 Å². The second-order valence-corrected chi connectivity index (χ2v) is 4.92. The molecule has 3 N–H and O–H groups in total. The number of aryl methyl sites for hydroxylation is 1. The average molecular weight is 295 g/mol. The Bertz CT molecular complexity index is 621. The molecule has 1 heterocycles. The smallest absolute Gasteiger partial charge is 0.330 e. The van der Waals surface area contributed by atoms with Crippen LogP contribution in [0.25, 0.3) is 0 Å². The minimum Gasteiger partial charge on any atom is -0.467 e. The molecule has 114 valence electrons. The second kappa shape index (κ2) is 6.04. The normalized spacial score (nSPS) is 15.4. The molecule has 2 rings (SSSR count). The molecule has 0 bridgehead atoms. The van der Waals surface area contributed by atoms with Gasteiger partial charge in [-0.1, -0.05) is 0 Å². The minimum atomic E-state index is -1.22. The number of esters is 1. The van der Waals surface area contributed by atoms with Crippen LogP contribution in [0.2, 0.25) is 0 Å². The van der Waals surface area contributed by atoms with Gasteiger partial charge in [-0.25, -0.2) is 9.78 Å². The van der Waals surface area contributed by atoms with Crippen LogP contribution in [-0.4, -0.2) is 46.7 Å². The van der Waals surface area contributed by atoms with Crippen molar-refractivity contribution in [2.45, 2.75) is 31.7 Å². The summed E-state index contributed by atoms with van der Waals surface area (Å²) < 4.78 is 4.44. The fourth-order valence-electron chi connectivity index (χ4n) is 1.98. The van der Waals surface area contributed by atoms with E-state index in [4.69, 9.17) is 5.11 Å². The zero-order valence-corrected chi connectivity index (χ0v) is 11.8. The summed E-state index contributed by atoms with van der Waals surface area (Å²) in [5, 5.41) is 11.3. The number of nitrogens with one attached hydrogen (secondary N) is 2. The number of aromatic nitrogens is 2. The minimum absolute atomic E-state index is 0.165. The van der Waals surface area contributed by atoms with Gasteiger partial charge in [0.05, 0.1) is 19.4 Å². The van der Waals surface area contributed by atoms with Crippen molar-refractivity contribution >= 4 is 11.9 Å². The molecule has 0 aliphatic heterocycles. The molecule has 0 radical (unpaired) electrons. The Balaban J connectivity index is 2.22. The maximum Gasteiger partial charge on any atom is 0.330 e. The Labute approximate surface area is 120 Å². The van der Waals surface area contributed by atoms with Crippen LogP contribution in [0.5, 0.6) is 0 Å². The summed E-state index contributed by atoms with van der Waals surface area (Å²) in [4.78, 5) is 42.2. The van der Waals surface area contributed by atoms with Gasteiger partial charge in [-0.2, -0.15) is 0 Å². The summed E-state index contributed by atoms with van der Waals surface area (Å²) in [6.07, 6.45) is 1.95. The van der Waals surface area contributed by atoms with Gasteiger partial charge in [-0.05, 0) is 19.8 Å². The van der Waals surface area contributed by atoms with E-state index in [1.165, 1.54) is 0 Å². The highest BCUT2D eigenvalue weighted by Gasteiger charge is 2.29. The third kappa shape index (κ3) is 3.27. The van der Waals surface area contributed by atoms with Crippen molar-refractivity contribution in [3.63, 3.8) is 0 Å². The molecule has 8 heteroatoms. The van der Waals surface area contributed by atoms with Gasteiger partial charge in [0.15, 0.2) is 6.04 Å². The van der Waals surface area contributed by atoms with Crippen LogP contribution in [0.3, 0.4) is 0 Å². The Morgan fingerprint density at radius 3 is 2.67 bits per heavy atom. The first kappa shape index (κ1) is 15.2. The van der Waals surface area contributed by atoms with Gasteiger partial charge in [0, 0.05) is 5.92 Å². The highest BCUT2D eigenvalue weighted by molar-refractivity contribution is 5.97. The fraction of sp³-hybridized carbons (Fsp3) is 0.538. The van der Waals surface area contributed by atoms with E-state index in [1.807, 2.05) is 0 Å². The zero-order chi connectivity index (χ0) is 15.6. The quantitative estimate of drug-likeness (QED) is 0.613. The first-order valence-electron chi connectivity index (χ1n) is 6.58. The van der Waals surface area contributed by atoms with Crippen molar-refractivity contribution in [1.82, 2.24) is 15.3 Å². The Kier molecular flexibility index (Phi) is 4.37. The van der Waals surface area contributed by atoms with Crippen LogP contribution in [-0.2, 0) is 9.53 Å². The number of aromatic amines is 1. The summed E-state index contributed by atoms with van der Waals surface area (Å²) in [5.41, 5.74) is -0.426. The number of carbonyl (C=O) groups excluding carboxylic acids is 2. The topological polar surface area (TPSA) is 121 Å². The maximum atomic E-state index is 12.1. The number of H-pyrrole nitrogens is 1. The van der Waals surface area contributed by atoms with E-state index >= 15 is 0 Å². The van der Waals surface area contributed by atoms with E-state index < -0.39 is 30.1 Å². The molecule has 21 heavy (non-hydrogen) atoms. The summed E-state index contributed by atoms with van der Waals surface area (Å²) in [5.74, 6) is -0.718. The lowest BCUT2D eigenvalue weighted by Crippen LogP contribution is -2.45. The Morgan fingerprint density at radius 1 is 1.52 bits per heavy atom. The summed E-state index contributed by atoms with van der Waals surface area (Å²) in [7, 11) is 1.14. The van der Waals surface area contributed by atoms with Crippen molar-refractivity contribution < 1.29 is 19.4 Å². The zero-order valence-electron chi connectivity index (χ0n) is 11.8. The number of nitrogens with zero attached hydrogens (tertiary/aromatic N) is 1. The monoisotopic (exact) mass is 295 g/mol. The van der Waals surface area contributed by atoms with Crippen LogP contribution < -0.4 is 10.9 Å². The van der Waals surface area contributed by atoms with Crippen LogP contribution in [0.15, 0.2) is 4.79 Å². The number of hydrogen-bond acceptors (Lipinski definition) is 6. The van der Waals surface area contributed by atoms with Gasteiger partial charge < -0.3 is 20.1 Å². The molecule has 1 fully saturated rings. The van der Waals surface area contributed by atoms with Crippen LogP contribution in [0.4, 0.5) is 0 Å². The average Bonchev–Trinajstić information content (AvgIpc) is 3.27. The highest BCUT2D eigenvalue weighted by Crippen LogP contribution is 2.37. The molecule has 0 aromatic carbocycles. The molecule has 0 spiro atoms. The molecule has 8 nitrogen and oxygen atoms in total.